The van der Waals surface area contributed by atoms with Crippen LogP contribution in [-0.2, 0) is 22.2 Å². The first-order chi connectivity index (χ1) is 10.4. The second-order valence-electron chi connectivity index (χ2n) is 4.62. The van der Waals surface area contributed by atoms with Gasteiger partial charge in [-0.3, -0.25) is 4.79 Å². The van der Waals surface area contributed by atoms with E-state index < -0.39 is 15.9 Å². The Kier molecular flexibility index (Phi) is 4.63. The predicted octanol–water partition coefficient (Wildman–Crippen LogP) is 1.97. The van der Waals surface area contributed by atoms with Crippen LogP contribution in [0.2, 0.25) is 0 Å². The molecule has 0 saturated carbocycles. The van der Waals surface area contributed by atoms with E-state index in [2.05, 4.69) is 0 Å². The molecule has 7 heteroatoms. The Balaban J connectivity index is 2.06. The number of hydrogen-bond donors (Lipinski definition) is 1. The molecule has 0 spiro atoms. The van der Waals surface area contributed by atoms with Crippen LogP contribution in [0.4, 0.5) is 0 Å². The molecule has 0 radical (unpaired) electrons. The van der Waals surface area contributed by atoms with Crippen molar-refractivity contribution in [1.82, 2.24) is 4.72 Å². The molecule has 0 bridgehead atoms. The van der Waals surface area contributed by atoms with Crippen LogP contribution in [0.5, 0.6) is 0 Å². The van der Waals surface area contributed by atoms with E-state index in [0.717, 1.165) is 0 Å². The summed E-state index contributed by atoms with van der Waals surface area (Å²) in [6, 6.07) is 11.1. The van der Waals surface area contributed by atoms with Gasteiger partial charge in [0.25, 0.3) is 5.91 Å². The van der Waals surface area contributed by atoms with E-state index in [1.54, 1.807) is 6.07 Å². The van der Waals surface area contributed by atoms with Crippen LogP contribution < -0.4 is 4.72 Å². The number of hydrogen-bond acceptors (Lipinski definition) is 5. The standard InChI is InChI=1S/C15H14N2O4S/c1-2-13-7-8-14(21-13)15(18)17-22(19,20)10-12-5-3-11(9-16)4-6-12/h3-8H,2,10H2,1H3,(H,17,18). The summed E-state index contributed by atoms with van der Waals surface area (Å²) in [5.41, 5.74) is 0.917. The third-order valence-electron chi connectivity index (χ3n) is 2.92. The highest BCUT2D eigenvalue weighted by Crippen LogP contribution is 2.10. The number of rotatable bonds is 5. The molecule has 0 aliphatic carbocycles. The minimum absolute atomic E-state index is 0.0414. The summed E-state index contributed by atoms with van der Waals surface area (Å²) in [5, 5.41) is 8.69. The molecule has 2 aromatic rings. The lowest BCUT2D eigenvalue weighted by Crippen LogP contribution is -2.31. The number of aryl methyl sites for hydroxylation is 1. The maximum Gasteiger partial charge on any atom is 0.300 e. The second kappa shape index (κ2) is 6.45. The van der Waals surface area contributed by atoms with Gasteiger partial charge in [-0.15, -0.1) is 0 Å². The van der Waals surface area contributed by atoms with E-state index in [9.17, 15) is 13.2 Å². The Bertz CT molecular complexity index is 814. The predicted molar refractivity (Wildman–Crippen MR) is 79.3 cm³/mol. The Morgan fingerprint density at radius 3 is 2.45 bits per heavy atom. The fourth-order valence-corrected chi connectivity index (χ4v) is 2.90. The number of nitriles is 1. The Hall–Kier alpha value is -2.59. The largest absolute Gasteiger partial charge is 0.456 e. The molecule has 6 nitrogen and oxygen atoms in total. The molecule has 0 fully saturated rings. The molecule has 1 amide bonds. The van der Waals surface area contributed by atoms with Crippen molar-refractivity contribution in [1.29, 1.82) is 5.26 Å². The zero-order chi connectivity index (χ0) is 16.2. The van der Waals surface area contributed by atoms with Gasteiger partial charge >= 0.3 is 0 Å². The Labute approximate surface area is 128 Å². The maximum atomic E-state index is 12.0. The molecular weight excluding hydrogens is 304 g/mol. The summed E-state index contributed by atoms with van der Waals surface area (Å²) >= 11 is 0. The molecule has 0 aliphatic rings. The number of nitrogens with zero attached hydrogens (tertiary/aromatic N) is 1. The molecule has 22 heavy (non-hydrogen) atoms. The average Bonchev–Trinajstić information content (AvgIpc) is 2.96. The topological polar surface area (TPSA) is 100 Å². The van der Waals surface area contributed by atoms with Crippen LogP contribution in [0.3, 0.4) is 0 Å². The van der Waals surface area contributed by atoms with Gasteiger partial charge in [-0.25, -0.2) is 13.1 Å². The third-order valence-corrected chi connectivity index (χ3v) is 4.13. The number of benzene rings is 1. The van der Waals surface area contributed by atoms with Crippen LogP contribution in [0.25, 0.3) is 0 Å². The molecule has 0 atom stereocenters. The van der Waals surface area contributed by atoms with Crippen molar-refractivity contribution in [3.63, 3.8) is 0 Å². The Morgan fingerprint density at radius 2 is 1.91 bits per heavy atom. The zero-order valence-corrected chi connectivity index (χ0v) is 12.7. The van der Waals surface area contributed by atoms with Crippen LogP contribution in [-0.4, -0.2) is 14.3 Å². The first-order valence-corrected chi connectivity index (χ1v) is 8.21. The Morgan fingerprint density at radius 1 is 1.23 bits per heavy atom. The van der Waals surface area contributed by atoms with Gasteiger partial charge in [0.1, 0.15) is 5.76 Å². The highest BCUT2D eigenvalue weighted by molar-refractivity contribution is 7.89. The summed E-state index contributed by atoms with van der Waals surface area (Å²) in [6.07, 6.45) is 0.616. The van der Waals surface area contributed by atoms with E-state index in [1.165, 1.54) is 30.3 Å². The van der Waals surface area contributed by atoms with E-state index in [4.69, 9.17) is 9.68 Å². The number of carbonyl (C=O) groups is 1. The van der Waals surface area contributed by atoms with E-state index in [0.29, 0.717) is 23.3 Å². The molecule has 1 N–H and O–H groups in total. The number of nitrogens with one attached hydrogen (secondary N) is 1. The van der Waals surface area contributed by atoms with Crippen molar-refractivity contribution in [3.05, 3.63) is 59.0 Å². The summed E-state index contributed by atoms with van der Waals surface area (Å²) in [7, 11) is -3.84. The monoisotopic (exact) mass is 318 g/mol. The SMILES string of the molecule is CCc1ccc(C(=O)NS(=O)(=O)Cc2ccc(C#N)cc2)o1. The highest BCUT2D eigenvalue weighted by Gasteiger charge is 2.19. The molecule has 0 unspecified atom stereocenters. The van der Waals surface area contributed by atoms with Crippen LogP contribution >= 0.6 is 0 Å². The normalized spacial score (nSPS) is 10.9. The lowest BCUT2D eigenvalue weighted by Gasteiger charge is -2.05. The van der Waals surface area contributed by atoms with E-state index in [-0.39, 0.29) is 11.5 Å². The summed E-state index contributed by atoms with van der Waals surface area (Å²) in [5.74, 6) is -0.588. The van der Waals surface area contributed by atoms with Crippen molar-refractivity contribution in [2.24, 2.45) is 0 Å². The molecule has 1 heterocycles. The number of furan rings is 1. The van der Waals surface area contributed by atoms with Gasteiger partial charge in [-0.2, -0.15) is 5.26 Å². The van der Waals surface area contributed by atoms with Crippen molar-refractivity contribution in [2.75, 3.05) is 0 Å². The van der Waals surface area contributed by atoms with Gasteiger partial charge in [0, 0.05) is 6.42 Å². The van der Waals surface area contributed by atoms with Gasteiger partial charge in [0.2, 0.25) is 10.0 Å². The molecule has 1 aromatic carbocycles. The van der Waals surface area contributed by atoms with E-state index >= 15 is 0 Å². The van der Waals surface area contributed by atoms with Gasteiger partial charge in [0.05, 0.1) is 17.4 Å². The smallest absolute Gasteiger partial charge is 0.300 e. The number of carbonyl (C=O) groups excluding carboxylic acids is 1. The fourth-order valence-electron chi connectivity index (χ4n) is 1.81. The minimum atomic E-state index is -3.84. The van der Waals surface area contributed by atoms with Gasteiger partial charge in [0.15, 0.2) is 5.76 Å². The lowest BCUT2D eigenvalue weighted by atomic mass is 10.2. The number of amides is 1. The van der Waals surface area contributed by atoms with Gasteiger partial charge < -0.3 is 4.42 Å². The van der Waals surface area contributed by atoms with Gasteiger partial charge in [-0.05, 0) is 29.8 Å². The molecule has 2 rings (SSSR count). The van der Waals surface area contributed by atoms with Crippen molar-refractivity contribution in [2.45, 2.75) is 19.1 Å². The van der Waals surface area contributed by atoms with Crippen LogP contribution in [0.15, 0.2) is 40.8 Å². The summed E-state index contributed by atoms with van der Waals surface area (Å²) in [6.45, 7) is 1.86. The van der Waals surface area contributed by atoms with Gasteiger partial charge in [-0.1, -0.05) is 19.1 Å². The highest BCUT2D eigenvalue weighted by atomic mass is 32.2. The summed E-state index contributed by atoms with van der Waals surface area (Å²) in [4.78, 5) is 11.9. The first-order valence-electron chi connectivity index (χ1n) is 6.56. The van der Waals surface area contributed by atoms with Crippen molar-refractivity contribution >= 4 is 15.9 Å². The minimum Gasteiger partial charge on any atom is -0.456 e. The van der Waals surface area contributed by atoms with Crippen LogP contribution in [0.1, 0.15) is 34.4 Å². The maximum absolute atomic E-state index is 12.0. The average molecular weight is 318 g/mol. The van der Waals surface area contributed by atoms with Crippen LogP contribution in [0, 0.1) is 11.3 Å². The number of sulfonamides is 1. The summed E-state index contributed by atoms with van der Waals surface area (Å²) < 4.78 is 31.1. The molecular formula is C15H14N2O4S. The lowest BCUT2D eigenvalue weighted by molar-refractivity contribution is 0.0953. The zero-order valence-electron chi connectivity index (χ0n) is 11.9. The van der Waals surface area contributed by atoms with E-state index in [1.807, 2.05) is 17.7 Å². The first kappa shape index (κ1) is 15.8. The molecule has 1 aromatic heterocycles. The molecule has 0 aliphatic heterocycles. The second-order valence-corrected chi connectivity index (χ2v) is 6.34. The molecule has 0 saturated heterocycles. The van der Waals surface area contributed by atoms with Crippen molar-refractivity contribution in [3.8, 4) is 6.07 Å². The van der Waals surface area contributed by atoms with Crippen molar-refractivity contribution < 1.29 is 17.6 Å². The molecule has 114 valence electrons. The third kappa shape index (κ3) is 3.96. The quantitative estimate of drug-likeness (QED) is 0.908. The fraction of sp³-hybridized carbons (Fsp3) is 0.200.